The van der Waals surface area contributed by atoms with E-state index in [1.165, 1.54) is 154 Å². The molecule has 0 radical (unpaired) electrons. The van der Waals surface area contributed by atoms with Gasteiger partial charge in [0.2, 0.25) is 0 Å². The first kappa shape index (κ1) is 57.2. The smallest absolute Gasteiger partial charge is 0.306 e. The van der Waals surface area contributed by atoms with Gasteiger partial charge in [-0.25, -0.2) is 0 Å². The Morgan fingerprint density at radius 1 is 0.492 bits per heavy atom. The summed E-state index contributed by atoms with van der Waals surface area (Å²) in [6.45, 7) is 3.40. The molecule has 0 saturated carbocycles. The predicted octanol–water partition coefficient (Wildman–Crippen LogP) is 11.7. The molecule has 2 unspecified atom stereocenters. The van der Waals surface area contributed by atoms with Crippen molar-refractivity contribution in [1.29, 1.82) is 0 Å². The van der Waals surface area contributed by atoms with Crippen LogP contribution >= 0.6 is 0 Å². The monoisotopic (exact) mass is 867 g/mol. The van der Waals surface area contributed by atoms with Gasteiger partial charge in [-0.1, -0.05) is 186 Å². The van der Waals surface area contributed by atoms with Crippen molar-refractivity contribution in [3.05, 3.63) is 24.3 Å². The lowest BCUT2D eigenvalue weighted by Crippen LogP contribution is -2.59. The molecule has 358 valence electrons. The molecule has 0 aromatic heterocycles. The fourth-order valence-corrected chi connectivity index (χ4v) is 7.78. The van der Waals surface area contributed by atoms with Crippen LogP contribution in [-0.2, 0) is 28.5 Å². The zero-order valence-corrected chi connectivity index (χ0v) is 39.2. The lowest BCUT2D eigenvalue weighted by molar-refractivity contribution is -0.305. The molecule has 61 heavy (non-hydrogen) atoms. The van der Waals surface area contributed by atoms with Crippen molar-refractivity contribution in [3.8, 4) is 0 Å². The molecule has 0 aromatic rings. The van der Waals surface area contributed by atoms with Crippen LogP contribution in [0, 0.1) is 0 Å². The minimum atomic E-state index is -1.60. The van der Waals surface area contributed by atoms with Gasteiger partial charge >= 0.3 is 11.9 Å². The summed E-state index contributed by atoms with van der Waals surface area (Å²) in [4.78, 5) is 25.4. The third-order valence-corrected chi connectivity index (χ3v) is 11.8. The summed E-state index contributed by atoms with van der Waals surface area (Å²) in [5.41, 5.74) is 0. The summed E-state index contributed by atoms with van der Waals surface area (Å²) in [5.74, 6) is -0.854. The van der Waals surface area contributed by atoms with Gasteiger partial charge in [0.25, 0.3) is 0 Å². The van der Waals surface area contributed by atoms with Crippen LogP contribution in [0.2, 0.25) is 0 Å². The standard InChI is InChI=1S/C51H94O10/c1-3-5-7-9-11-13-15-17-18-19-20-21-22-23-24-25-26-28-29-31-33-35-37-39-46(53)58-42-44(43-59-51-50(57)49(56)48(55)45(41-52)61-51)60-47(54)40-38-36-34-32-30-27-16-14-12-10-8-6-4-2/h27,30-31,33,44-45,48-52,55-57H,3-26,28-29,32,34-43H2,1-2H3/b30-27+,33-31+/t44-,45-,48+,49?,50?,51-/m0/s1. The number of carbonyl (C=O) groups excluding carboxylic acids is 2. The summed E-state index contributed by atoms with van der Waals surface area (Å²) in [5, 5.41) is 40.1. The van der Waals surface area contributed by atoms with Crippen LogP contribution in [0.5, 0.6) is 0 Å². The van der Waals surface area contributed by atoms with E-state index in [1.807, 2.05) is 0 Å². The van der Waals surface area contributed by atoms with Gasteiger partial charge in [-0.2, -0.15) is 0 Å². The van der Waals surface area contributed by atoms with E-state index in [2.05, 4.69) is 38.2 Å². The second-order valence-electron chi connectivity index (χ2n) is 17.6. The average molecular weight is 867 g/mol. The van der Waals surface area contributed by atoms with Crippen LogP contribution in [-0.4, -0.2) is 89.0 Å². The lowest BCUT2D eigenvalue weighted by Gasteiger charge is -2.39. The maximum atomic E-state index is 12.8. The van der Waals surface area contributed by atoms with Crippen LogP contribution in [0.1, 0.15) is 232 Å². The number of carbonyl (C=O) groups is 2. The van der Waals surface area contributed by atoms with Gasteiger partial charge in [0.1, 0.15) is 31.0 Å². The maximum absolute atomic E-state index is 12.8. The van der Waals surface area contributed by atoms with Crippen molar-refractivity contribution in [2.75, 3.05) is 19.8 Å². The van der Waals surface area contributed by atoms with E-state index < -0.39 is 55.4 Å². The quantitative estimate of drug-likeness (QED) is 0.0265. The summed E-state index contributed by atoms with van der Waals surface area (Å²) in [6.07, 6.45) is 40.7. The molecule has 6 atom stereocenters. The second kappa shape index (κ2) is 42.1. The highest BCUT2D eigenvalue weighted by atomic mass is 16.7. The molecule has 1 aliphatic heterocycles. The molecule has 0 aromatic carbocycles. The summed E-state index contributed by atoms with van der Waals surface area (Å²) < 4.78 is 22.2. The summed E-state index contributed by atoms with van der Waals surface area (Å²) in [7, 11) is 0. The van der Waals surface area contributed by atoms with Gasteiger partial charge in [-0.3, -0.25) is 9.59 Å². The molecule has 4 N–H and O–H groups in total. The molecule has 1 saturated heterocycles. The van der Waals surface area contributed by atoms with E-state index >= 15 is 0 Å². The zero-order chi connectivity index (χ0) is 44.4. The third kappa shape index (κ3) is 33.4. The Kier molecular flexibility index (Phi) is 39.5. The van der Waals surface area contributed by atoms with Gasteiger partial charge in [0.15, 0.2) is 12.4 Å². The van der Waals surface area contributed by atoms with Crippen molar-refractivity contribution in [2.45, 2.75) is 269 Å². The number of hydrogen-bond acceptors (Lipinski definition) is 10. The largest absolute Gasteiger partial charge is 0.462 e. The molecular weight excluding hydrogens is 773 g/mol. The number of rotatable bonds is 43. The van der Waals surface area contributed by atoms with Crippen LogP contribution in [0.3, 0.4) is 0 Å². The molecule has 1 aliphatic rings. The van der Waals surface area contributed by atoms with Crippen LogP contribution in [0.15, 0.2) is 24.3 Å². The molecule has 10 nitrogen and oxygen atoms in total. The summed E-state index contributed by atoms with van der Waals surface area (Å²) in [6, 6.07) is 0. The second-order valence-corrected chi connectivity index (χ2v) is 17.6. The highest BCUT2D eigenvalue weighted by Crippen LogP contribution is 2.23. The fourth-order valence-electron chi connectivity index (χ4n) is 7.78. The molecule has 1 fully saturated rings. The van der Waals surface area contributed by atoms with E-state index in [-0.39, 0.29) is 26.1 Å². The number of aliphatic hydroxyl groups is 4. The van der Waals surface area contributed by atoms with Crippen molar-refractivity contribution in [2.24, 2.45) is 0 Å². The minimum Gasteiger partial charge on any atom is -0.462 e. The SMILES string of the molecule is CCCCCCCC/C=C/CCCCCC(=O)O[C@@H](COC(=O)CCC/C=C/CCCCCCCCCCCCCCCCCCCC)CO[C@H]1O[C@@H](CO)[C@@H](O)C(O)C1O. The van der Waals surface area contributed by atoms with Crippen LogP contribution in [0.25, 0.3) is 0 Å². The van der Waals surface area contributed by atoms with E-state index in [1.54, 1.807) is 0 Å². The summed E-state index contributed by atoms with van der Waals surface area (Å²) >= 11 is 0. The molecular formula is C51H94O10. The van der Waals surface area contributed by atoms with Gasteiger partial charge in [0, 0.05) is 12.8 Å². The first-order valence-electron chi connectivity index (χ1n) is 25.4. The Labute approximate surface area is 373 Å². The number of unbranched alkanes of at least 4 members (excludes halogenated alkanes) is 28. The van der Waals surface area contributed by atoms with Gasteiger partial charge < -0.3 is 39.4 Å². The molecule has 1 heterocycles. The number of aliphatic hydroxyl groups excluding tert-OH is 4. The molecule has 0 spiro atoms. The molecule has 0 amide bonds. The van der Waals surface area contributed by atoms with Crippen molar-refractivity contribution < 1.29 is 49.0 Å². The van der Waals surface area contributed by atoms with Crippen LogP contribution < -0.4 is 0 Å². The molecule has 1 rings (SSSR count). The fraction of sp³-hybridized carbons (Fsp3) is 0.882. The van der Waals surface area contributed by atoms with Crippen molar-refractivity contribution in [3.63, 3.8) is 0 Å². The normalized spacial score (nSPS) is 19.9. The Balaban J connectivity index is 2.24. The molecule has 0 bridgehead atoms. The number of ether oxygens (including phenoxy) is 4. The van der Waals surface area contributed by atoms with Crippen molar-refractivity contribution in [1.82, 2.24) is 0 Å². The Morgan fingerprint density at radius 2 is 0.885 bits per heavy atom. The third-order valence-electron chi connectivity index (χ3n) is 11.8. The van der Waals surface area contributed by atoms with E-state index in [0.717, 1.165) is 38.5 Å². The van der Waals surface area contributed by atoms with E-state index in [0.29, 0.717) is 12.8 Å². The van der Waals surface area contributed by atoms with Crippen LogP contribution in [0.4, 0.5) is 0 Å². The van der Waals surface area contributed by atoms with E-state index in [4.69, 9.17) is 18.9 Å². The zero-order valence-electron chi connectivity index (χ0n) is 39.2. The number of hydrogen-bond donors (Lipinski definition) is 4. The Bertz CT molecular complexity index is 1050. The lowest BCUT2D eigenvalue weighted by atomic mass is 9.99. The minimum absolute atomic E-state index is 0.206. The highest BCUT2D eigenvalue weighted by Gasteiger charge is 2.44. The molecule has 10 heteroatoms. The first-order chi connectivity index (χ1) is 29.8. The highest BCUT2D eigenvalue weighted by molar-refractivity contribution is 5.70. The Hall–Kier alpha value is -1.82. The maximum Gasteiger partial charge on any atom is 0.306 e. The molecule has 0 aliphatic carbocycles. The van der Waals surface area contributed by atoms with Gasteiger partial charge in [-0.15, -0.1) is 0 Å². The van der Waals surface area contributed by atoms with Crippen molar-refractivity contribution >= 4 is 11.9 Å². The number of esters is 2. The van der Waals surface area contributed by atoms with Gasteiger partial charge in [-0.05, 0) is 57.8 Å². The van der Waals surface area contributed by atoms with E-state index in [9.17, 15) is 30.0 Å². The first-order valence-corrected chi connectivity index (χ1v) is 25.4. The predicted molar refractivity (Wildman–Crippen MR) is 247 cm³/mol. The number of allylic oxidation sites excluding steroid dienone is 4. The average Bonchev–Trinajstić information content (AvgIpc) is 3.26. The Morgan fingerprint density at radius 3 is 1.33 bits per heavy atom. The van der Waals surface area contributed by atoms with Gasteiger partial charge in [0.05, 0.1) is 13.2 Å². The topological polar surface area (TPSA) is 152 Å².